The van der Waals surface area contributed by atoms with Crippen molar-refractivity contribution in [1.29, 1.82) is 0 Å². The van der Waals surface area contributed by atoms with Gasteiger partial charge in [0.1, 0.15) is 0 Å². The number of unbranched alkanes of at least 4 members (excludes halogenated alkanes) is 3. The van der Waals surface area contributed by atoms with Crippen molar-refractivity contribution in [1.82, 2.24) is 0 Å². The molecule has 0 radical (unpaired) electrons. The Labute approximate surface area is 112 Å². The van der Waals surface area contributed by atoms with Gasteiger partial charge in [0, 0.05) is 5.33 Å². The van der Waals surface area contributed by atoms with E-state index in [-0.39, 0.29) is 4.90 Å². The van der Waals surface area contributed by atoms with Crippen molar-refractivity contribution in [3.8, 4) is 0 Å². The van der Waals surface area contributed by atoms with Crippen molar-refractivity contribution in [2.45, 2.75) is 37.0 Å². The molecule has 0 fully saturated rings. The Morgan fingerprint density at radius 2 is 1.59 bits per heavy atom. The standard InChI is InChI=1S/C12H18BrNO2S/c13-10-4-2-1-3-5-11-6-8-12(9-7-11)17(14,15)16/h6-9H,1-5,10H2,(H2,14,15,16). The Morgan fingerprint density at radius 3 is 2.12 bits per heavy atom. The molecule has 5 heteroatoms. The number of hydrogen-bond donors (Lipinski definition) is 1. The summed E-state index contributed by atoms with van der Waals surface area (Å²) in [6.45, 7) is 0. The van der Waals surface area contributed by atoms with Crippen LogP contribution in [-0.2, 0) is 16.4 Å². The highest BCUT2D eigenvalue weighted by atomic mass is 79.9. The zero-order chi connectivity index (χ0) is 12.7. The van der Waals surface area contributed by atoms with Gasteiger partial charge in [-0.05, 0) is 37.0 Å². The van der Waals surface area contributed by atoms with E-state index < -0.39 is 10.0 Å². The van der Waals surface area contributed by atoms with Gasteiger partial charge in [0.2, 0.25) is 10.0 Å². The number of hydrogen-bond acceptors (Lipinski definition) is 2. The predicted molar refractivity (Wildman–Crippen MR) is 73.8 cm³/mol. The van der Waals surface area contributed by atoms with Crippen molar-refractivity contribution in [2.75, 3.05) is 5.33 Å². The van der Waals surface area contributed by atoms with E-state index in [4.69, 9.17) is 5.14 Å². The van der Waals surface area contributed by atoms with Crippen LogP contribution in [0.25, 0.3) is 0 Å². The van der Waals surface area contributed by atoms with Gasteiger partial charge in [-0.1, -0.05) is 40.9 Å². The maximum Gasteiger partial charge on any atom is 0.238 e. The van der Waals surface area contributed by atoms with Crippen LogP contribution in [0, 0.1) is 0 Å². The van der Waals surface area contributed by atoms with Gasteiger partial charge in [-0.2, -0.15) is 0 Å². The lowest BCUT2D eigenvalue weighted by atomic mass is 10.1. The minimum Gasteiger partial charge on any atom is -0.225 e. The molecule has 0 aromatic heterocycles. The molecule has 0 saturated carbocycles. The van der Waals surface area contributed by atoms with Crippen molar-refractivity contribution < 1.29 is 8.42 Å². The molecule has 0 amide bonds. The molecule has 0 aliphatic rings. The molecule has 0 atom stereocenters. The summed E-state index contributed by atoms with van der Waals surface area (Å²) in [5.41, 5.74) is 1.16. The van der Waals surface area contributed by atoms with E-state index in [1.54, 1.807) is 12.1 Å². The molecule has 0 saturated heterocycles. The largest absolute Gasteiger partial charge is 0.238 e. The van der Waals surface area contributed by atoms with Crippen LogP contribution < -0.4 is 5.14 Å². The summed E-state index contributed by atoms with van der Waals surface area (Å²) in [5, 5.41) is 6.10. The van der Waals surface area contributed by atoms with Gasteiger partial charge in [-0.15, -0.1) is 0 Å². The second-order valence-electron chi connectivity index (χ2n) is 4.04. The molecule has 0 aliphatic heterocycles. The van der Waals surface area contributed by atoms with Gasteiger partial charge in [-0.3, -0.25) is 0 Å². The number of aryl methyl sites for hydroxylation is 1. The van der Waals surface area contributed by atoms with Crippen LogP contribution in [0.3, 0.4) is 0 Å². The molecule has 0 spiro atoms. The first kappa shape index (κ1) is 14.7. The van der Waals surface area contributed by atoms with Gasteiger partial charge in [-0.25, -0.2) is 13.6 Å². The Hall–Kier alpha value is -0.390. The third-order valence-electron chi connectivity index (χ3n) is 2.60. The topological polar surface area (TPSA) is 60.2 Å². The molecule has 3 nitrogen and oxygen atoms in total. The molecular weight excluding hydrogens is 302 g/mol. The third kappa shape index (κ3) is 5.66. The Bertz CT molecular complexity index is 428. The number of primary sulfonamides is 1. The van der Waals surface area contributed by atoms with E-state index in [9.17, 15) is 8.42 Å². The second kappa shape index (κ2) is 7.13. The van der Waals surface area contributed by atoms with E-state index in [0.29, 0.717) is 0 Å². The van der Waals surface area contributed by atoms with E-state index in [2.05, 4.69) is 15.9 Å². The lowest BCUT2D eigenvalue weighted by Gasteiger charge is -2.03. The average molecular weight is 320 g/mol. The highest BCUT2D eigenvalue weighted by Gasteiger charge is 2.06. The molecule has 0 aliphatic carbocycles. The summed E-state index contributed by atoms with van der Waals surface area (Å²) in [6.07, 6.45) is 5.79. The first-order valence-corrected chi connectivity index (χ1v) is 8.38. The highest BCUT2D eigenvalue weighted by molar-refractivity contribution is 9.09. The van der Waals surface area contributed by atoms with Gasteiger partial charge < -0.3 is 0 Å². The lowest BCUT2D eigenvalue weighted by Crippen LogP contribution is -2.11. The normalized spacial score (nSPS) is 11.6. The fraction of sp³-hybridized carbons (Fsp3) is 0.500. The van der Waals surface area contributed by atoms with E-state index in [1.165, 1.54) is 19.3 Å². The summed E-state index contributed by atoms with van der Waals surface area (Å²) in [6, 6.07) is 6.82. The van der Waals surface area contributed by atoms with Crippen LogP contribution in [0.2, 0.25) is 0 Å². The van der Waals surface area contributed by atoms with E-state index >= 15 is 0 Å². The molecule has 96 valence electrons. The Morgan fingerprint density at radius 1 is 1.00 bits per heavy atom. The maximum atomic E-state index is 11.0. The molecule has 0 unspecified atom stereocenters. The Kier molecular flexibility index (Phi) is 6.16. The van der Waals surface area contributed by atoms with Crippen LogP contribution in [0.5, 0.6) is 0 Å². The van der Waals surface area contributed by atoms with Crippen LogP contribution in [0.15, 0.2) is 29.2 Å². The Balaban J connectivity index is 2.41. The summed E-state index contributed by atoms with van der Waals surface area (Å²) in [4.78, 5) is 0.181. The second-order valence-corrected chi connectivity index (χ2v) is 6.40. The summed E-state index contributed by atoms with van der Waals surface area (Å²) < 4.78 is 22.1. The first-order chi connectivity index (χ1) is 8.04. The zero-order valence-corrected chi connectivity index (χ0v) is 12.1. The quantitative estimate of drug-likeness (QED) is 0.620. The molecular formula is C12H18BrNO2S. The first-order valence-electron chi connectivity index (χ1n) is 5.72. The lowest BCUT2D eigenvalue weighted by molar-refractivity contribution is 0.597. The van der Waals surface area contributed by atoms with Gasteiger partial charge in [0.05, 0.1) is 4.90 Å². The van der Waals surface area contributed by atoms with E-state index in [0.717, 1.165) is 23.7 Å². The summed E-state index contributed by atoms with van der Waals surface area (Å²) >= 11 is 3.40. The minimum absolute atomic E-state index is 0.181. The monoisotopic (exact) mass is 319 g/mol. The fourth-order valence-corrected chi connectivity index (χ4v) is 2.53. The average Bonchev–Trinajstić information content (AvgIpc) is 2.28. The number of alkyl halides is 1. The van der Waals surface area contributed by atoms with Crippen LogP contribution in [0.4, 0.5) is 0 Å². The van der Waals surface area contributed by atoms with Crippen molar-refractivity contribution in [3.05, 3.63) is 29.8 Å². The highest BCUT2D eigenvalue weighted by Crippen LogP contribution is 2.12. The smallest absolute Gasteiger partial charge is 0.225 e. The SMILES string of the molecule is NS(=O)(=O)c1ccc(CCCCCCBr)cc1. The molecule has 1 aromatic carbocycles. The van der Waals surface area contributed by atoms with Crippen LogP contribution in [0.1, 0.15) is 31.2 Å². The van der Waals surface area contributed by atoms with Gasteiger partial charge >= 0.3 is 0 Å². The number of halogens is 1. The minimum atomic E-state index is -3.56. The molecule has 2 N–H and O–H groups in total. The molecule has 17 heavy (non-hydrogen) atoms. The predicted octanol–water partition coefficient (Wildman–Crippen LogP) is 2.83. The van der Waals surface area contributed by atoms with Crippen molar-refractivity contribution in [3.63, 3.8) is 0 Å². The number of sulfonamides is 1. The fourth-order valence-electron chi connectivity index (χ4n) is 1.62. The molecule has 0 bridgehead atoms. The number of rotatable bonds is 7. The van der Waals surface area contributed by atoms with Gasteiger partial charge in [0.15, 0.2) is 0 Å². The van der Waals surface area contributed by atoms with Crippen molar-refractivity contribution >= 4 is 26.0 Å². The maximum absolute atomic E-state index is 11.0. The summed E-state index contributed by atoms with van der Waals surface area (Å²) in [7, 11) is -3.56. The molecule has 1 rings (SSSR count). The number of nitrogens with two attached hydrogens (primary N) is 1. The molecule has 1 aromatic rings. The third-order valence-corrected chi connectivity index (χ3v) is 4.09. The number of benzene rings is 1. The van der Waals surface area contributed by atoms with E-state index in [1.807, 2.05) is 12.1 Å². The van der Waals surface area contributed by atoms with Crippen LogP contribution in [-0.4, -0.2) is 13.7 Å². The zero-order valence-electron chi connectivity index (χ0n) is 9.73. The molecule has 0 heterocycles. The van der Waals surface area contributed by atoms with Crippen molar-refractivity contribution in [2.24, 2.45) is 5.14 Å². The van der Waals surface area contributed by atoms with Crippen LogP contribution >= 0.6 is 15.9 Å². The summed E-state index contributed by atoms with van der Waals surface area (Å²) in [5.74, 6) is 0. The van der Waals surface area contributed by atoms with Gasteiger partial charge in [0.25, 0.3) is 0 Å².